The Kier molecular flexibility index (Phi) is 8.64. The molecule has 1 fully saturated rings. The van der Waals surface area contributed by atoms with Crippen molar-refractivity contribution in [2.45, 2.75) is 39.3 Å². The first kappa shape index (κ1) is 27.1. The fraction of sp³-hybridized carbons (Fsp3) is 0.312. The van der Waals surface area contributed by atoms with Crippen molar-refractivity contribution in [1.29, 1.82) is 0 Å². The molecule has 1 aliphatic rings. The third-order valence-electron chi connectivity index (χ3n) is 6.86. The van der Waals surface area contributed by atoms with E-state index in [2.05, 4.69) is 13.0 Å². The highest BCUT2D eigenvalue weighted by molar-refractivity contribution is 6.46. The van der Waals surface area contributed by atoms with Crippen molar-refractivity contribution in [1.82, 2.24) is 9.80 Å². The molecule has 198 valence electrons. The lowest BCUT2D eigenvalue weighted by atomic mass is 9.94. The highest BCUT2D eigenvalue weighted by Crippen LogP contribution is 2.39. The van der Waals surface area contributed by atoms with Crippen LogP contribution in [0, 0.1) is 6.92 Å². The van der Waals surface area contributed by atoms with Crippen LogP contribution in [0.1, 0.15) is 47.2 Å². The summed E-state index contributed by atoms with van der Waals surface area (Å²) in [7, 11) is 3.95. The number of carbonyl (C=O) groups excluding carboxylic acids is 2. The third kappa shape index (κ3) is 6.14. The minimum atomic E-state index is -0.656. The molecule has 4 rings (SSSR count). The van der Waals surface area contributed by atoms with Crippen LogP contribution in [0.25, 0.3) is 5.76 Å². The maximum Gasteiger partial charge on any atom is 0.295 e. The van der Waals surface area contributed by atoms with E-state index in [1.54, 1.807) is 29.2 Å². The Morgan fingerprint density at radius 3 is 2.32 bits per heavy atom. The van der Waals surface area contributed by atoms with Gasteiger partial charge in [0.15, 0.2) is 0 Å². The maximum atomic E-state index is 13.2. The van der Waals surface area contributed by atoms with Gasteiger partial charge in [0, 0.05) is 12.1 Å². The van der Waals surface area contributed by atoms with Crippen molar-refractivity contribution in [3.8, 4) is 5.75 Å². The molecule has 6 heteroatoms. The van der Waals surface area contributed by atoms with E-state index in [4.69, 9.17) is 4.74 Å². The number of amides is 1. The largest absolute Gasteiger partial charge is 0.507 e. The van der Waals surface area contributed by atoms with Gasteiger partial charge in [0.05, 0.1) is 11.6 Å². The standard InChI is InChI=1S/C32H36N2O4/c1-5-23-10-12-25(13-11-23)29-28(31(36)32(37)34(29)19-7-18-33(3)4)30(35)26-14-16-27(17-15-26)38-21-24-9-6-8-22(2)20-24/h6,8-17,20,29,35H,5,7,18-19,21H2,1-4H3/b30-28+/t29-/m0/s1. The number of rotatable bonds is 10. The number of benzene rings is 3. The Balaban J connectivity index is 1.63. The third-order valence-corrected chi connectivity index (χ3v) is 6.86. The van der Waals surface area contributed by atoms with E-state index >= 15 is 0 Å². The van der Waals surface area contributed by atoms with E-state index < -0.39 is 17.7 Å². The fourth-order valence-corrected chi connectivity index (χ4v) is 4.78. The van der Waals surface area contributed by atoms with Gasteiger partial charge in [0.25, 0.3) is 11.7 Å². The van der Waals surface area contributed by atoms with Crippen molar-refractivity contribution in [2.24, 2.45) is 0 Å². The van der Waals surface area contributed by atoms with Crippen LogP contribution in [0.2, 0.25) is 0 Å². The maximum absolute atomic E-state index is 13.2. The van der Waals surface area contributed by atoms with Crippen LogP contribution in [0.4, 0.5) is 0 Å². The van der Waals surface area contributed by atoms with Gasteiger partial charge in [0.1, 0.15) is 18.1 Å². The summed E-state index contributed by atoms with van der Waals surface area (Å²) in [6, 6.07) is 22.4. The summed E-state index contributed by atoms with van der Waals surface area (Å²) in [6.07, 6.45) is 1.61. The second-order valence-electron chi connectivity index (χ2n) is 10.0. The molecule has 3 aromatic rings. The summed E-state index contributed by atoms with van der Waals surface area (Å²) >= 11 is 0. The second kappa shape index (κ2) is 12.1. The van der Waals surface area contributed by atoms with Crippen LogP contribution in [0.5, 0.6) is 5.75 Å². The van der Waals surface area contributed by atoms with Crippen LogP contribution < -0.4 is 4.74 Å². The number of aryl methyl sites for hydroxylation is 2. The zero-order valence-corrected chi connectivity index (χ0v) is 22.6. The van der Waals surface area contributed by atoms with Crippen molar-refractivity contribution in [2.75, 3.05) is 27.2 Å². The van der Waals surface area contributed by atoms with E-state index in [1.165, 1.54) is 11.1 Å². The summed E-state index contributed by atoms with van der Waals surface area (Å²) < 4.78 is 5.91. The summed E-state index contributed by atoms with van der Waals surface area (Å²) in [4.78, 5) is 30.0. The van der Waals surface area contributed by atoms with Gasteiger partial charge < -0.3 is 19.6 Å². The number of aliphatic hydroxyl groups excluding tert-OH is 1. The molecular formula is C32H36N2O4. The Morgan fingerprint density at radius 2 is 1.68 bits per heavy atom. The molecule has 38 heavy (non-hydrogen) atoms. The molecule has 1 aliphatic heterocycles. The average Bonchev–Trinajstić information content (AvgIpc) is 3.17. The second-order valence-corrected chi connectivity index (χ2v) is 10.0. The Hall–Kier alpha value is -3.90. The van der Waals surface area contributed by atoms with Crippen molar-refractivity contribution < 1.29 is 19.4 Å². The molecule has 1 saturated heterocycles. The molecule has 1 N–H and O–H groups in total. The molecule has 0 aromatic heterocycles. The first-order valence-electron chi connectivity index (χ1n) is 13.1. The number of Topliss-reactive ketones (excluding diaryl/α,β-unsaturated/α-hetero) is 1. The molecule has 0 spiro atoms. The van der Waals surface area contributed by atoms with E-state index in [0.29, 0.717) is 24.5 Å². The molecule has 0 unspecified atom stereocenters. The quantitative estimate of drug-likeness (QED) is 0.220. The van der Waals surface area contributed by atoms with Crippen LogP contribution in [-0.2, 0) is 22.6 Å². The van der Waals surface area contributed by atoms with Gasteiger partial charge in [-0.05, 0) is 81.4 Å². The van der Waals surface area contributed by atoms with E-state index in [0.717, 1.165) is 30.5 Å². The van der Waals surface area contributed by atoms with Gasteiger partial charge in [-0.15, -0.1) is 0 Å². The van der Waals surface area contributed by atoms with Crippen LogP contribution in [0.15, 0.2) is 78.4 Å². The Morgan fingerprint density at radius 1 is 0.974 bits per heavy atom. The summed E-state index contributed by atoms with van der Waals surface area (Å²) in [5.74, 6) is -0.753. The minimum absolute atomic E-state index is 0.123. The normalized spacial score (nSPS) is 16.9. The molecule has 3 aromatic carbocycles. The average molecular weight is 513 g/mol. The zero-order valence-electron chi connectivity index (χ0n) is 22.6. The van der Waals surface area contributed by atoms with Crippen molar-refractivity contribution in [3.63, 3.8) is 0 Å². The molecular weight excluding hydrogens is 476 g/mol. The van der Waals surface area contributed by atoms with Gasteiger partial charge in [-0.1, -0.05) is 61.0 Å². The number of aliphatic hydroxyl groups is 1. The predicted molar refractivity (Wildman–Crippen MR) is 150 cm³/mol. The highest BCUT2D eigenvalue weighted by Gasteiger charge is 2.45. The number of hydrogen-bond donors (Lipinski definition) is 1. The number of carbonyl (C=O) groups is 2. The molecule has 1 heterocycles. The Bertz CT molecular complexity index is 1310. The lowest BCUT2D eigenvalue weighted by Crippen LogP contribution is -2.32. The van der Waals surface area contributed by atoms with Gasteiger partial charge in [-0.3, -0.25) is 9.59 Å². The molecule has 0 aliphatic carbocycles. The smallest absolute Gasteiger partial charge is 0.295 e. The number of ketones is 1. The molecule has 0 bridgehead atoms. The van der Waals surface area contributed by atoms with Gasteiger partial charge in [-0.2, -0.15) is 0 Å². The number of ether oxygens (including phenoxy) is 1. The van der Waals surface area contributed by atoms with Crippen LogP contribution >= 0.6 is 0 Å². The number of likely N-dealkylation sites (tertiary alicyclic amines) is 1. The zero-order chi connectivity index (χ0) is 27.2. The topological polar surface area (TPSA) is 70.1 Å². The van der Waals surface area contributed by atoms with Crippen LogP contribution in [0.3, 0.4) is 0 Å². The molecule has 6 nitrogen and oxygen atoms in total. The first-order valence-corrected chi connectivity index (χ1v) is 13.1. The van der Waals surface area contributed by atoms with Crippen LogP contribution in [-0.4, -0.2) is 53.8 Å². The summed E-state index contributed by atoms with van der Waals surface area (Å²) in [6.45, 7) is 5.76. The SMILES string of the molecule is CCc1ccc([C@H]2/C(=C(\O)c3ccc(OCc4cccc(C)c4)cc3)C(=O)C(=O)N2CCCN(C)C)cc1. The lowest BCUT2D eigenvalue weighted by Gasteiger charge is -2.26. The summed E-state index contributed by atoms with van der Waals surface area (Å²) in [5, 5.41) is 11.3. The predicted octanol–water partition coefficient (Wildman–Crippen LogP) is 5.51. The van der Waals surface area contributed by atoms with E-state index in [-0.39, 0.29) is 11.3 Å². The number of hydrogen-bond acceptors (Lipinski definition) is 5. The molecule has 0 saturated carbocycles. The van der Waals surface area contributed by atoms with Crippen molar-refractivity contribution >= 4 is 17.4 Å². The van der Waals surface area contributed by atoms with Gasteiger partial charge in [-0.25, -0.2) is 0 Å². The highest BCUT2D eigenvalue weighted by atomic mass is 16.5. The number of nitrogens with zero attached hydrogens (tertiary/aromatic N) is 2. The van der Waals surface area contributed by atoms with Gasteiger partial charge >= 0.3 is 0 Å². The monoisotopic (exact) mass is 512 g/mol. The Labute approximate surface area is 225 Å². The molecule has 0 radical (unpaired) electrons. The summed E-state index contributed by atoms with van der Waals surface area (Å²) in [5.41, 5.74) is 4.81. The lowest BCUT2D eigenvalue weighted by molar-refractivity contribution is -0.139. The van der Waals surface area contributed by atoms with E-state index in [9.17, 15) is 14.7 Å². The minimum Gasteiger partial charge on any atom is -0.507 e. The van der Waals surface area contributed by atoms with E-state index in [1.807, 2.05) is 68.4 Å². The molecule has 1 amide bonds. The van der Waals surface area contributed by atoms with Crippen molar-refractivity contribution in [3.05, 3.63) is 106 Å². The fourth-order valence-electron chi connectivity index (χ4n) is 4.78. The van der Waals surface area contributed by atoms with Gasteiger partial charge in [0.2, 0.25) is 0 Å². The first-order chi connectivity index (χ1) is 18.3. The molecule has 1 atom stereocenters.